The molecule has 0 saturated heterocycles. The van der Waals surface area contributed by atoms with Gasteiger partial charge in [-0.1, -0.05) is 5.57 Å². The minimum Gasteiger partial charge on any atom is -0.354 e. The van der Waals surface area contributed by atoms with Crippen LogP contribution >= 0.6 is 0 Å². The molecule has 0 atom stereocenters. The molecule has 0 fully saturated rings. The first-order chi connectivity index (χ1) is 6.10. The van der Waals surface area contributed by atoms with Crippen LogP contribution in [0.4, 0.5) is 0 Å². The number of carbonyl (C=O) groups excluding carboxylic acids is 1. The molecule has 0 aliphatic carbocycles. The molecule has 0 heterocycles. The molecule has 0 radical (unpaired) electrons. The van der Waals surface area contributed by atoms with Gasteiger partial charge in [0, 0.05) is 20.3 Å². The lowest BCUT2D eigenvalue weighted by Gasteiger charge is -2.12. The van der Waals surface area contributed by atoms with Crippen molar-refractivity contribution >= 4 is 5.91 Å². The van der Waals surface area contributed by atoms with Crippen LogP contribution in [0, 0.1) is 0 Å². The van der Waals surface area contributed by atoms with Crippen molar-refractivity contribution in [3.05, 3.63) is 11.6 Å². The number of allylic oxidation sites excluding steroid dienone is 1. The molecule has 0 spiro atoms. The van der Waals surface area contributed by atoms with E-state index < -0.39 is 0 Å². The number of amides is 1. The molecule has 76 valence electrons. The Morgan fingerprint density at radius 2 is 1.92 bits per heavy atom. The highest BCUT2D eigenvalue weighted by Gasteiger charge is 2.05. The summed E-state index contributed by atoms with van der Waals surface area (Å²) in [5.41, 5.74) is 0.962. The lowest BCUT2D eigenvalue weighted by molar-refractivity contribution is -0.123. The first kappa shape index (κ1) is 12.1. The van der Waals surface area contributed by atoms with Gasteiger partial charge in [-0.15, -0.1) is 0 Å². The van der Waals surface area contributed by atoms with Crippen LogP contribution in [0.3, 0.4) is 0 Å². The van der Waals surface area contributed by atoms with E-state index in [1.54, 1.807) is 0 Å². The van der Waals surface area contributed by atoms with E-state index >= 15 is 0 Å². The molecule has 1 N–H and O–H groups in total. The van der Waals surface area contributed by atoms with Crippen LogP contribution in [0.25, 0.3) is 0 Å². The molecule has 0 aliphatic rings. The van der Waals surface area contributed by atoms with E-state index in [1.165, 1.54) is 20.3 Å². The fourth-order valence-corrected chi connectivity index (χ4v) is 0.760. The van der Waals surface area contributed by atoms with E-state index in [1.807, 2.05) is 13.8 Å². The number of ether oxygens (including phenoxy) is 2. The molecular weight excluding hydrogens is 170 g/mol. The first-order valence-corrected chi connectivity index (χ1v) is 4.08. The summed E-state index contributed by atoms with van der Waals surface area (Å²) >= 11 is 0. The van der Waals surface area contributed by atoms with Gasteiger partial charge in [-0.2, -0.15) is 0 Å². The monoisotopic (exact) mass is 187 g/mol. The summed E-state index contributed by atoms with van der Waals surface area (Å²) in [4.78, 5) is 11.1. The smallest absolute Gasteiger partial charge is 0.244 e. The Kier molecular flexibility index (Phi) is 6.18. The maximum Gasteiger partial charge on any atom is 0.244 e. The average Bonchev–Trinajstić information content (AvgIpc) is 2.05. The van der Waals surface area contributed by atoms with Crippen LogP contribution in [0.1, 0.15) is 13.8 Å². The minimum atomic E-state index is -0.380. The van der Waals surface area contributed by atoms with Gasteiger partial charge in [0.15, 0.2) is 6.29 Å². The summed E-state index contributed by atoms with van der Waals surface area (Å²) in [5, 5.41) is 2.65. The highest BCUT2D eigenvalue weighted by molar-refractivity contribution is 5.87. The largest absolute Gasteiger partial charge is 0.354 e. The number of hydrogen-bond donors (Lipinski definition) is 1. The number of hydrogen-bond acceptors (Lipinski definition) is 3. The van der Waals surface area contributed by atoms with Gasteiger partial charge in [0.2, 0.25) is 5.91 Å². The molecule has 4 nitrogen and oxygen atoms in total. The zero-order valence-electron chi connectivity index (χ0n) is 8.59. The summed E-state index contributed by atoms with van der Waals surface area (Å²) in [5.74, 6) is -0.126. The van der Waals surface area contributed by atoms with Gasteiger partial charge in [-0.05, 0) is 13.8 Å². The molecular formula is C9H17NO3. The van der Waals surface area contributed by atoms with Crippen molar-refractivity contribution in [3.8, 4) is 0 Å². The van der Waals surface area contributed by atoms with Crippen LogP contribution in [0.15, 0.2) is 11.6 Å². The summed E-state index contributed by atoms with van der Waals surface area (Å²) in [6, 6.07) is 0. The number of methoxy groups -OCH3 is 2. The predicted octanol–water partition coefficient (Wildman–Crippen LogP) is 0.688. The topological polar surface area (TPSA) is 47.6 Å². The Balaban J connectivity index is 3.75. The molecule has 1 amide bonds. The number of nitrogens with one attached hydrogen (secondary N) is 1. The molecule has 4 heteroatoms. The van der Waals surface area contributed by atoms with Crippen LogP contribution in [-0.4, -0.2) is 33.0 Å². The summed E-state index contributed by atoms with van der Waals surface area (Å²) < 4.78 is 9.79. The van der Waals surface area contributed by atoms with Crippen molar-refractivity contribution in [1.82, 2.24) is 5.32 Å². The minimum absolute atomic E-state index is 0.126. The summed E-state index contributed by atoms with van der Waals surface area (Å²) in [6.07, 6.45) is 1.15. The highest BCUT2D eigenvalue weighted by Crippen LogP contribution is 1.90. The molecule has 0 aromatic carbocycles. The Morgan fingerprint density at radius 1 is 1.38 bits per heavy atom. The summed E-state index contributed by atoms with van der Waals surface area (Å²) in [6.45, 7) is 4.09. The van der Waals surface area contributed by atoms with Crippen molar-refractivity contribution in [2.45, 2.75) is 20.1 Å². The Morgan fingerprint density at radius 3 is 2.31 bits per heavy atom. The van der Waals surface area contributed by atoms with E-state index in [4.69, 9.17) is 9.47 Å². The van der Waals surface area contributed by atoms with Gasteiger partial charge in [0.25, 0.3) is 0 Å². The lowest BCUT2D eigenvalue weighted by Crippen LogP contribution is -2.33. The van der Waals surface area contributed by atoms with Crippen LogP contribution in [0.2, 0.25) is 0 Å². The number of rotatable bonds is 5. The zero-order chi connectivity index (χ0) is 10.3. The zero-order valence-corrected chi connectivity index (χ0v) is 8.59. The van der Waals surface area contributed by atoms with E-state index in [2.05, 4.69) is 5.32 Å². The molecule has 0 aromatic rings. The average molecular weight is 187 g/mol. The van der Waals surface area contributed by atoms with Gasteiger partial charge >= 0.3 is 0 Å². The number of carbonyl (C=O) groups is 1. The predicted molar refractivity (Wildman–Crippen MR) is 50.2 cm³/mol. The van der Waals surface area contributed by atoms with Crippen LogP contribution in [0.5, 0.6) is 0 Å². The van der Waals surface area contributed by atoms with E-state index in [9.17, 15) is 4.79 Å². The van der Waals surface area contributed by atoms with Gasteiger partial charge < -0.3 is 14.8 Å². The fourth-order valence-electron chi connectivity index (χ4n) is 0.760. The molecule has 0 aromatic heterocycles. The van der Waals surface area contributed by atoms with Gasteiger partial charge in [-0.3, -0.25) is 4.79 Å². The second-order valence-electron chi connectivity index (χ2n) is 2.87. The molecule has 0 aliphatic heterocycles. The standard InChI is InChI=1S/C9H17NO3/c1-7(2)5-8(11)10-6-9(12-3)13-4/h5,9H,6H2,1-4H3,(H,10,11). The fraction of sp³-hybridized carbons (Fsp3) is 0.667. The first-order valence-electron chi connectivity index (χ1n) is 4.08. The third kappa shape index (κ3) is 6.31. The third-order valence-corrected chi connectivity index (χ3v) is 1.39. The second kappa shape index (κ2) is 6.62. The molecule has 0 rings (SSSR count). The van der Waals surface area contributed by atoms with Gasteiger partial charge in [-0.25, -0.2) is 0 Å². The Hall–Kier alpha value is -0.870. The van der Waals surface area contributed by atoms with E-state index in [0.717, 1.165) is 5.57 Å². The summed E-state index contributed by atoms with van der Waals surface area (Å²) in [7, 11) is 3.06. The maximum absolute atomic E-state index is 11.1. The Labute approximate surface area is 78.9 Å². The molecule has 0 bridgehead atoms. The second-order valence-corrected chi connectivity index (χ2v) is 2.87. The molecule has 0 unspecified atom stereocenters. The third-order valence-electron chi connectivity index (χ3n) is 1.39. The Bertz CT molecular complexity index is 181. The van der Waals surface area contributed by atoms with Crippen molar-refractivity contribution in [1.29, 1.82) is 0 Å². The van der Waals surface area contributed by atoms with Crippen molar-refractivity contribution in [2.24, 2.45) is 0 Å². The van der Waals surface area contributed by atoms with Gasteiger partial charge in [0.05, 0.1) is 6.54 Å². The SMILES string of the molecule is COC(CNC(=O)C=C(C)C)OC. The molecule has 13 heavy (non-hydrogen) atoms. The van der Waals surface area contributed by atoms with Crippen LogP contribution in [-0.2, 0) is 14.3 Å². The molecule has 0 saturated carbocycles. The van der Waals surface area contributed by atoms with Crippen LogP contribution < -0.4 is 5.32 Å². The lowest BCUT2D eigenvalue weighted by atomic mass is 10.3. The normalized spacial score (nSPS) is 9.92. The maximum atomic E-state index is 11.1. The van der Waals surface area contributed by atoms with E-state index in [-0.39, 0.29) is 12.2 Å². The van der Waals surface area contributed by atoms with Gasteiger partial charge in [0.1, 0.15) is 0 Å². The highest BCUT2D eigenvalue weighted by atomic mass is 16.7. The van der Waals surface area contributed by atoms with E-state index in [0.29, 0.717) is 6.54 Å². The van der Waals surface area contributed by atoms with Crippen molar-refractivity contribution in [2.75, 3.05) is 20.8 Å². The van der Waals surface area contributed by atoms with Crippen molar-refractivity contribution in [3.63, 3.8) is 0 Å². The quantitative estimate of drug-likeness (QED) is 0.509. The van der Waals surface area contributed by atoms with Crippen molar-refractivity contribution < 1.29 is 14.3 Å².